The SMILES string of the molecule is C[C@@]12CN(C(=O)c3cnc(C4OCCO4)s3)C[C@@H]1[C@@H]1C=C[C@H]2C1. The molecule has 6 heteroatoms. The Morgan fingerprint density at radius 2 is 2.22 bits per heavy atom. The van der Waals surface area contributed by atoms with Gasteiger partial charge in [-0.15, -0.1) is 11.3 Å². The minimum atomic E-state index is -0.392. The number of rotatable bonds is 2. The molecule has 4 aliphatic rings. The van der Waals surface area contributed by atoms with E-state index in [1.165, 1.54) is 17.8 Å². The number of thiazole rings is 1. The molecule has 0 radical (unpaired) electrons. The minimum absolute atomic E-state index is 0.113. The molecule has 1 amide bonds. The van der Waals surface area contributed by atoms with Crippen LogP contribution in [0.25, 0.3) is 0 Å². The predicted molar refractivity (Wildman–Crippen MR) is 85.0 cm³/mol. The van der Waals surface area contributed by atoms with E-state index in [0.29, 0.717) is 35.8 Å². The molecule has 4 atom stereocenters. The summed E-state index contributed by atoms with van der Waals surface area (Å²) in [6, 6.07) is 0. The molecule has 5 rings (SSSR count). The first-order chi connectivity index (χ1) is 11.1. The second-order valence-corrected chi connectivity index (χ2v) is 8.39. The van der Waals surface area contributed by atoms with Crippen molar-refractivity contribution in [3.8, 4) is 0 Å². The van der Waals surface area contributed by atoms with Gasteiger partial charge in [-0.25, -0.2) is 4.98 Å². The van der Waals surface area contributed by atoms with Gasteiger partial charge in [0.1, 0.15) is 9.88 Å². The number of ether oxygens (including phenoxy) is 2. The maximum Gasteiger partial charge on any atom is 0.265 e. The van der Waals surface area contributed by atoms with E-state index in [9.17, 15) is 4.79 Å². The van der Waals surface area contributed by atoms with Gasteiger partial charge in [0.05, 0.1) is 19.4 Å². The minimum Gasteiger partial charge on any atom is -0.344 e. The van der Waals surface area contributed by atoms with Crippen molar-refractivity contribution in [1.82, 2.24) is 9.88 Å². The van der Waals surface area contributed by atoms with Crippen LogP contribution in [-0.2, 0) is 9.47 Å². The highest BCUT2D eigenvalue weighted by Gasteiger charge is 2.58. The van der Waals surface area contributed by atoms with Crippen molar-refractivity contribution in [1.29, 1.82) is 0 Å². The van der Waals surface area contributed by atoms with Gasteiger partial charge in [0.2, 0.25) is 6.29 Å². The zero-order valence-electron chi connectivity index (χ0n) is 13.1. The van der Waals surface area contributed by atoms with Gasteiger partial charge in [-0.3, -0.25) is 4.79 Å². The van der Waals surface area contributed by atoms with Crippen LogP contribution in [0.2, 0.25) is 0 Å². The van der Waals surface area contributed by atoms with Gasteiger partial charge in [0.25, 0.3) is 5.91 Å². The van der Waals surface area contributed by atoms with E-state index in [2.05, 4.69) is 24.1 Å². The van der Waals surface area contributed by atoms with Crippen molar-refractivity contribution in [2.75, 3.05) is 26.3 Å². The van der Waals surface area contributed by atoms with Gasteiger partial charge in [-0.05, 0) is 29.6 Å². The lowest BCUT2D eigenvalue weighted by atomic mass is 9.72. The molecular weight excluding hydrogens is 312 g/mol. The number of fused-ring (bicyclic) bond motifs is 5. The number of carbonyl (C=O) groups is 1. The summed E-state index contributed by atoms with van der Waals surface area (Å²) in [7, 11) is 0. The van der Waals surface area contributed by atoms with Gasteiger partial charge in [-0.1, -0.05) is 19.1 Å². The van der Waals surface area contributed by atoms with Crippen molar-refractivity contribution >= 4 is 17.2 Å². The molecule has 3 fully saturated rings. The average Bonchev–Trinajstić information content (AvgIpc) is 3.29. The van der Waals surface area contributed by atoms with Crippen LogP contribution in [0, 0.1) is 23.2 Å². The van der Waals surface area contributed by atoms with Gasteiger partial charge in [-0.2, -0.15) is 0 Å². The predicted octanol–water partition coefficient (Wildman–Crippen LogP) is 2.47. The molecule has 23 heavy (non-hydrogen) atoms. The summed E-state index contributed by atoms with van der Waals surface area (Å²) in [5.41, 5.74) is 0.264. The summed E-state index contributed by atoms with van der Waals surface area (Å²) in [5, 5.41) is 0.748. The molecule has 2 bridgehead atoms. The molecule has 1 aromatic heterocycles. The van der Waals surface area contributed by atoms with Crippen LogP contribution in [0.15, 0.2) is 18.3 Å². The molecule has 1 aromatic rings. The third kappa shape index (κ3) is 1.98. The van der Waals surface area contributed by atoms with Crippen LogP contribution in [0.5, 0.6) is 0 Å². The van der Waals surface area contributed by atoms with Crippen molar-refractivity contribution in [3.05, 3.63) is 28.2 Å². The highest BCUT2D eigenvalue weighted by Crippen LogP contribution is 2.59. The number of carbonyl (C=O) groups excluding carboxylic acids is 1. The van der Waals surface area contributed by atoms with E-state index in [-0.39, 0.29) is 11.3 Å². The van der Waals surface area contributed by atoms with Crippen molar-refractivity contribution in [2.24, 2.45) is 23.2 Å². The molecule has 122 valence electrons. The standard InChI is InChI=1S/C17H20N2O3S/c1-17-9-19(8-12(17)10-2-3-11(17)6-10)15(20)13-7-18-14(23-13)16-21-4-5-22-16/h2-3,7,10-12,16H,4-6,8-9H2,1H3/t10-,11+,12-,17+/m1/s1. The summed E-state index contributed by atoms with van der Waals surface area (Å²) >= 11 is 1.40. The molecule has 0 unspecified atom stereocenters. The highest BCUT2D eigenvalue weighted by molar-refractivity contribution is 7.13. The third-order valence-corrected chi connectivity index (χ3v) is 7.13. The Kier molecular flexibility index (Phi) is 3.00. The maximum absolute atomic E-state index is 12.9. The number of likely N-dealkylation sites (tertiary alicyclic amines) is 1. The largest absolute Gasteiger partial charge is 0.344 e. The fourth-order valence-electron chi connectivity index (χ4n) is 4.88. The van der Waals surface area contributed by atoms with Crippen LogP contribution < -0.4 is 0 Å². The lowest BCUT2D eigenvalue weighted by molar-refractivity contribution is -0.0442. The second-order valence-electron chi connectivity index (χ2n) is 7.33. The van der Waals surface area contributed by atoms with Crippen LogP contribution in [0.3, 0.4) is 0 Å². The van der Waals surface area contributed by atoms with Gasteiger partial charge in [0.15, 0.2) is 0 Å². The molecule has 5 nitrogen and oxygen atoms in total. The van der Waals surface area contributed by atoms with Crippen LogP contribution in [0.1, 0.15) is 34.3 Å². The quantitative estimate of drug-likeness (QED) is 0.781. The van der Waals surface area contributed by atoms with Gasteiger partial charge in [0, 0.05) is 13.1 Å². The van der Waals surface area contributed by atoms with E-state index < -0.39 is 6.29 Å². The molecule has 0 N–H and O–H groups in total. The Morgan fingerprint density at radius 1 is 1.39 bits per heavy atom. The summed E-state index contributed by atoms with van der Waals surface area (Å²) in [5.74, 6) is 2.05. The van der Waals surface area contributed by atoms with E-state index >= 15 is 0 Å². The molecule has 0 aromatic carbocycles. The Morgan fingerprint density at radius 3 is 3.00 bits per heavy atom. The summed E-state index contributed by atoms with van der Waals surface area (Å²) < 4.78 is 10.9. The zero-order chi connectivity index (χ0) is 15.6. The molecule has 2 aliphatic carbocycles. The normalized spacial score (nSPS) is 38.7. The number of hydrogen-bond donors (Lipinski definition) is 0. The number of amides is 1. The topological polar surface area (TPSA) is 51.7 Å². The lowest BCUT2D eigenvalue weighted by Gasteiger charge is -2.31. The molecule has 1 saturated carbocycles. The van der Waals surface area contributed by atoms with E-state index in [1.54, 1.807) is 6.20 Å². The Bertz CT molecular complexity index is 681. The highest BCUT2D eigenvalue weighted by atomic mass is 32.1. The second kappa shape index (κ2) is 4.88. The number of allylic oxidation sites excluding steroid dienone is 2. The smallest absolute Gasteiger partial charge is 0.265 e. The summed E-state index contributed by atoms with van der Waals surface area (Å²) in [6.07, 6.45) is 7.30. The summed E-state index contributed by atoms with van der Waals surface area (Å²) in [4.78, 5) is 19.9. The molecule has 2 aliphatic heterocycles. The van der Waals surface area contributed by atoms with E-state index in [4.69, 9.17) is 9.47 Å². The number of hydrogen-bond acceptors (Lipinski definition) is 5. The van der Waals surface area contributed by atoms with Gasteiger partial charge >= 0.3 is 0 Å². The first-order valence-electron chi connectivity index (χ1n) is 8.32. The Hall–Kier alpha value is -1.24. The first-order valence-corrected chi connectivity index (χ1v) is 9.13. The Labute approximate surface area is 139 Å². The monoisotopic (exact) mass is 332 g/mol. The average molecular weight is 332 g/mol. The lowest BCUT2D eigenvalue weighted by Crippen LogP contribution is -2.33. The van der Waals surface area contributed by atoms with E-state index in [0.717, 1.165) is 18.1 Å². The molecular formula is C17H20N2O3S. The van der Waals surface area contributed by atoms with Crippen LogP contribution in [0.4, 0.5) is 0 Å². The molecule has 2 saturated heterocycles. The van der Waals surface area contributed by atoms with E-state index in [1.807, 2.05) is 4.90 Å². The fourth-order valence-corrected chi connectivity index (χ4v) is 5.76. The van der Waals surface area contributed by atoms with Crippen LogP contribution in [-0.4, -0.2) is 42.1 Å². The fraction of sp³-hybridized carbons (Fsp3) is 0.647. The summed E-state index contributed by atoms with van der Waals surface area (Å²) in [6.45, 7) is 5.29. The zero-order valence-corrected chi connectivity index (χ0v) is 13.9. The Balaban J connectivity index is 1.34. The number of nitrogens with zero attached hydrogens (tertiary/aromatic N) is 2. The number of aromatic nitrogens is 1. The van der Waals surface area contributed by atoms with Gasteiger partial charge < -0.3 is 14.4 Å². The van der Waals surface area contributed by atoms with Crippen molar-refractivity contribution in [2.45, 2.75) is 19.6 Å². The first kappa shape index (κ1) is 14.1. The van der Waals surface area contributed by atoms with Crippen LogP contribution >= 0.6 is 11.3 Å². The maximum atomic E-state index is 12.9. The molecule has 0 spiro atoms. The van der Waals surface area contributed by atoms with Crippen molar-refractivity contribution in [3.63, 3.8) is 0 Å². The molecule has 3 heterocycles. The van der Waals surface area contributed by atoms with Crippen molar-refractivity contribution < 1.29 is 14.3 Å². The third-order valence-electron chi connectivity index (χ3n) is 6.12.